The second-order valence-electron chi connectivity index (χ2n) is 10.0. The Bertz CT molecular complexity index is 1460. The maximum Gasteiger partial charge on any atom is 0.471 e. The lowest BCUT2D eigenvalue weighted by molar-refractivity contribution is -0.159. The van der Waals surface area contributed by atoms with E-state index in [9.17, 15) is 22.4 Å². The normalized spacial score (nSPS) is 14.6. The molecule has 1 fully saturated rings. The minimum atomic E-state index is -4.82. The average Bonchev–Trinajstić information content (AvgIpc) is 3.37. The summed E-state index contributed by atoms with van der Waals surface area (Å²) in [6, 6.07) is 11.9. The maximum absolute atomic E-state index is 15.0. The third kappa shape index (κ3) is 5.03. The fourth-order valence-corrected chi connectivity index (χ4v) is 4.27. The van der Waals surface area contributed by atoms with Crippen LogP contribution in [0, 0.1) is 5.82 Å². The van der Waals surface area contributed by atoms with Crippen molar-refractivity contribution in [3.05, 3.63) is 54.2 Å². The number of hydrogen-bond acceptors (Lipinski definition) is 5. The highest BCUT2D eigenvalue weighted by atomic mass is 19.4. The number of fused-ring (bicyclic) bond motifs is 1. The lowest BCUT2D eigenvalue weighted by atomic mass is 9.92. The molecule has 0 spiro atoms. The van der Waals surface area contributed by atoms with Crippen LogP contribution in [0.4, 0.5) is 28.0 Å². The van der Waals surface area contributed by atoms with Crippen LogP contribution >= 0.6 is 0 Å². The first kappa shape index (κ1) is 24.8. The van der Waals surface area contributed by atoms with Crippen molar-refractivity contribution < 1.29 is 31.6 Å². The fraction of sp³-hybridized carbons (Fsp3) is 0.346. The molecule has 5 rings (SSSR count). The number of nitrogens with one attached hydrogen (secondary N) is 1. The Labute approximate surface area is 209 Å². The van der Waals surface area contributed by atoms with Crippen molar-refractivity contribution in [2.75, 3.05) is 5.32 Å². The van der Waals surface area contributed by atoms with Crippen molar-refractivity contribution in [3.8, 4) is 22.6 Å². The molecule has 2 aromatic carbocycles. The van der Waals surface area contributed by atoms with Gasteiger partial charge in [0.15, 0.2) is 0 Å². The summed E-state index contributed by atoms with van der Waals surface area (Å²) in [6.07, 6.45) is -2.52. The number of halogens is 4. The molecule has 37 heavy (non-hydrogen) atoms. The smallest absolute Gasteiger partial charge is 0.444 e. The Kier molecular flexibility index (Phi) is 5.96. The van der Waals surface area contributed by atoms with Crippen LogP contribution in [0.1, 0.15) is 52.0 Å². The van der Waals surface area contributed by atoms with E-state index in [0.29, 0.717) is 16.6 Å². The van der Waals surface area contributed by atoms with Crippen molar-refractivity contribution in [1.82, 2.24) is 14.7 Å². The van der Waals surface area contributed by atoms with Crippen molar-refractivity contribution in [2.24, 2.45) is 0 Å². The van der Waals surface area contributed by atoms with Gasteiger partial charge in [-0.25, -0.2) is 9.18 Å². The van der Waals surface area contributed by atoms with Gasteiger partial charge in [-0.15, -0.1) is 0 Å². The summed E-state index contributed by atoms with van der Waals surface area (Å²) >= 11 is 0. The zero-order valence-corrected chi connectivity index (χ0v) is 20.3. The summed E-state index contributed by atoms with van der Waals surface area (Å²) in [5.74, 6) is -2.75. The van der Waals surface area contributed by atoms with Crippen LogP contribution in [0.5, 0.6) is 0 Å². The second kappa shape index (κ2) is 8.89. The minimum absolute atomic E-state index is 0.154. The number of amides is 1. The van der Waals surface area contributed by atoms with Gasteiger partial charge in [-0.05, 0) is 75.9 Å². The zero-order valence-electron chi connectivity index (χ0n) is 20.3. The van der Waals surface area contributed by atoms with Gasteiger partial charge in [0.25, 0.3) is 0 Å². The molecule has 0 bridgehead atoms. The van der Waals surface area contributed by atoms with Gasteiger partial charge in [-0.3, -0.25) is 5.32 Å². The number of anilines is 1. The SMILES string of the molecule is CC(C)(C)OC(=O)Nc1ccc(-c2cc3cc(F)c(-c4noc(C(F)(F)F)n4)cc3n2C2CCC2)cc1. The molecule has 4 aromatic rings. The average molecular weight is 516 g/mol. The number of carbonyl (C=O) groups excluding carboxylic acids is 1. The molecule has 7 nitrogen and oxygen atoms in total. The van der Waals surface area contributed by atoms with Crippen LogP contribution in [0.3, 0.4) is 0 Å². The highest BCUT2D eigenvalue weighted by molar-refractivity contribution is 5.91. The number of aromatic nitrogens is 3. The molecule has 1 saturated carbocycles. The Balaban J connectivity index is 1.52. The van der Waals surface area contributed by atoms with E-state index in [-0.39, 0.29) is 11.6 Å². The Hall–Kier alpha value is -3.89. The van der Waals surface area contributed by atoms with Crippen molar-refractivity contribution >= 4 is 22.7 Å². The zero-order chi connectivity index (χ0) is 26.5. The predicted molar refractivity (Wildman–Crippen MR) is 128 cm³/mol. The minimum Gasteiger partial charge on any atom is -0.444 e. The summed E-state index contributed by atoms with van der Waals surface area (Å²) < 4.78 is 65.4. The molecule has 2 aromatic heterocycles. The third-order valence-corrected chi connectivity index (χ3v) is 6.10. The van der Waals surface area contributed by atoms with Crippen LogP contribution in [0.15, 0.2) is 47.0 Å². The Morgan fingerprint density at radius 3 is 2.38 bits per heavy atom. The van der Waals surface area contributed by atoms with E-state index in [1.165, 1.54) is 12.1 Å². The second-order valence-corrected chi connectivity index (χ2v) is 10.0. The monoisotopic (exact) mass is 516 g/mol. The standard InChI is InChI=1S/C26H24F4N4O3/c1-25(2,3)36-24(35)31-16-9-7-14(8-10-16)20-12-15-11-19(27)18(13-21(15)34(20)17-5-4-6-17)22-32-23(37-33-22)26(28,29)30/h7-13,17H,4-6H2,1-3H3,(H,31,35). The number of hydrogen-bond donors (Lipinski definition) is 1. The molecule has 1 N–H and O–H groups in total. The molecule has 0 unspecified atom stereocenters. The molecular formula is C26H24F4N4O3. The van der Waals surface area contributed by atoms with Gasteiger partial charge in [0, 0.05) is 28.3 Å². The highest BCUT2D eigenvalue weighted by Gasteiger charge is 2.39. The van der Waals surface area contributed by atoms with Gasteiger partial charge in [0.2, 0.25) is 5.82 Å². The Morgan fingerprint density at radius 2 is 1.81 bits per heavy atom. The molecule has 0 aliphatic heterocycles. The number of alkyl halides is 3. The summed E-state index contributed by atoms with van der Waals surface area (Å²) in [7, 11) is 0. The van der Waals surface area contributed by atoms with Gasteiger partial charge < -0.3 is 13.8 Å². The number of nitrogens with zero attached hydrogens (tertiary/aromatic N) is 3. The quantitative estimate of drug-likeness (QED) is 0.283. The first-order valence-electron chi connectivity index (χ1n) is 11.8. The van der Waals surface area contributed by atoms with E-state index in [4.69, 9.17) is 4.74 Å². The van der Waals surface area contributed by atoms with Gasteiger partial charge in [0.05, 0.1) is 5.56 Å². The van der Waals surface area contributed by atoms with E-state index in [0.717, 1.165) is 30.5 Å². The van der Waals surface area contributed by atoms with E-state index in [1.54, 1.807) is 32.9 Å². The van der Waals surface area contributed by atoms with E-state index < -0.39 is 35.4 Å². The van der Waals surface area contributed by atoms with E-state index >= 15 is 0 Å². The molecule has 0 radical (unpaired) electrons. The van der Waals surface area contributed by atoms with Gasteiger partial charge in [-0.1, -0.05) is 17.3 Å². The van der Waals surface area contributed by atoms with Crippen LogP contribution < -0.4 is 5.32 Å². The fourth-order valence-electron chi connectivity index (χ4n) is 4.27. The van der Waals surface area contributed by atoms with Crippen LogP contribution in [0.2, 0.25) is 0 Å². The molecular weight excluding hydrogens is 492 g/mol. The van der Waals surface area contributed by atoms with E-state index in [1.807, 2.05) is 18.2 Å². The summed E-state index contributed by atoms with van der Waals surface area (Å²) in [5, 5.41) is 6.63. The highest BCUT2D eigenvalue weighted by Crippen LogP contribution is 2.42. The number of rotatable bonds is 4. The molecule has 0 saturated heterocycles. The van der Waals surface area contributed by atoms with Crippen LogP contribution in [-0.2, 0) is 10.9 Å². The predicted octanol–water partition coefficient (Wildman–Crippen LogP) is 7.59. The van der Waals surface area contributed by atoms with Crippen LogP contribution in [0.25, 0.3) is 33.5 Å². The topological polar surface area (TPSA) is 82.2 Å². The number of benzene rings is 2. The third-order valence-electron chi connectivity index (χ3n) is 6.10. The van der Waals surface area contributed by atoms with Crippen molar-refractivity contribution in [1.29, 1.82) is 0 Å². The first-order valence-corrected chi connectivity index (χ1v) is 11.8. The maximum atomic E-state index is 15.0. The molecule has 2 heterocycles. The number of ether oxygens (including phenoxy) is 1. The van der Waals surface area contributed by atoms with Gasteiger partial charge >= 0.3 is 18.2 Å². The summed E-state index contributed by atoms with van der Waals surface area (Å²) in [6.45, 7) is 5.32. The van der Waals surface area contributed by atoms with Crippen molar-refractivity contribution in [3.63, 3.8) is 0 Å². The lowest BCUT2D eigenvalue weighted by Gasteiger charge is -2.30. The molecule has 1 aliphatic carbocycles. The van der Waals surface area contributed by atoms with E-state index in [2.05, 4.69) is 24.5 Å². The molecule has 1 aliphatic rings. The van der Waals surface area contributed by atoms with Gasteiger partial charge in [0.1, 0.15) is 11.4 Å². The summed E-state index contributed by atoms with van der Waals surface area (Å²) in [4.78, 5) is 15.4. The first-order chi connectivity index (χ1) is 17.4. The van der Waals surface area contributed by atoms with Crippen molar-refractivity contribution in [2.45, 2.75) is 57.9 Å². The molecule has 194 valence electrons. The number of carbonyl (C=O) groups is 1. The Morgan fingerprint density at radius 1 is 1.11 bits per heavy atom. The largest absolute Gasteiger partial charge is 0.471 e. The summed E-state index contributed by atoms with van der Waals surface area (Å²) in [5.41, 5.74) is 2.06. The van der Waals surface area contributed by atoms with Gasteiger partial charge in [-0.2, -0.15) is 18.2 Å². The molecule has 1 amide bonds. The lowest BCUT2D eigenvalue weighted by Crippen LogP contribution is -2.27. The molecule has 11 heteroatoms. The van der Waals surface area contributed by atoms with Crippen LogP contribution in [-0.4, -0.2) is 26.4 Å². The molecule has 0 atom stereocenters.